The number of carbonyl (C=O) groups is 1. The smallest absolute Gasteiger partial charge is 0.280 e. The van der Waals surface area contributed by atoms with Crippen LogP contribution in [0.15, 0.2) is 41.5 Å². The van der Waals surface area contributed by atoms with E-state index >= 15 is 0 Å². The molecule has 0 aliphatic rings. The summed E-state index contributed by atoms with van der Waals surface area (Å²) in [6.45, 7) is 1.49. The van der Waals surface area contributed by atoms with Crippen LogP contribution in [0.3, 0.4) is 0 Å². The zero-order chi connectivity index (χ0) is 19.3. The maximum atomic E-state index is 12.0. The lowest BCUT2D eigenvalue weighted by Crippen LogP contribution is -2.33. The number of nitrogens with zero attached hydrogens (tertiary/aromatic N) is 2. The molecule has 10 heteroatoms. The van der Waals surface area contributed by atoms with E-state index in [0.717, 1.165) is 24.4 Å². The van der Waals surface area contributed by atoms with Crippen molar-refractivity contribution in [3.05, 3.63) is 62.1 Å². The number of nitro benzene ring substituents is 1. The quantitative estimate of drug-likeness (QED) is 0.439. The normalized spacial score (nSPS) is 12.0. The third kappa shape index (κ3) is 5.08. The number of hydrazone groups is 1. The number of non-ortho nitro benzene ring substituents is 1. The zero-order valence-electron chi connectivity index (χ0n) is 13.3. The fourth-order valence-corrected chi connectivity index (χ4v) is 2.28. The first-order valence-corrected chi connectivity index (χ1v) is 7.95. The van der Waals surface area contributed by atoms with Gasteiger partial charge in [-0.3, -0.25) is 14.9 Å². The number of nitrogens with one attached hydrogen (secondary N) is 1. The highest BCUT2D eigenvalue weighted by Crippen LogP contribution is 2.28. The van der Waals surface area contributed by atoms with Gasteiger partial charge < -0.3 is 9.84 Å². The first-order chi connectivity index (χ1) is 12.3. The van der Waals surface area contributed by atoms with Crippen LogP contribution in [0.2, 0.25) is 10.0 Å². The van der Waals surface area contributed by atoms with Crippen molar-refractivity contribution in [2.45, 2.75) is 13.0 Å². The Morgan fingerprint density at radius 1 is 1.35 bits per heavy atom. The van der Waals surface area contributed by atoms with E-state index < -0.39 is 16.9 Å². The minimum absolute atomic E-state index is 0.0776. The van der Waals surface area contributed by atoms with Crippen molar-refractivity contribution >= 4 is 41.0 Å². The highest BCUT2D eigenvalue weighted by Gasteiger charge is 2.16. The summed E-state index contributed by atoms with van der Waals surface area (Å²) in [5, 5.41) is 24.7. The number of nitro groups is 1. The van der Waals surface area contributed by atoms with Crippen LogP contribution in [0, 0.1) is 10.1 Å². The Morgan fingerprint density at radius 3 is 2.73 bits per heavy atom. The Labute approximate surface area is 158 Å². The van der Waals surface area contributed by atoms with Gasteiger partial charge in [0.2, 0.25) is 0 Å². The maximum Gasteiger partial charge on any atom is 0.280 e. The van der Waals surface area contributed by atoms with Crippen molar-refractivity contribution in [3.8, 4) is 11.5 Å². The van der Waals surface area contributed by atoms with Gasteiger partial charge in [0.25, 0.3) is 11.6 Å². The maximum absolute atomic E-state index is 12.0. The Hall–Kier alpha value is -2.84. The van der Waals surface area contributed by atoms with Crippen LogP contribution in [0.25, 0.3) is 0 Å². The number of ether oxygens (including phenoxy) is 1. The number of benzene rings is 2. The van der Waals surface area contributed by atoms with Crippen LogP contribution in [-0.2, 0) is 4.79 Å². The highest BCUT2D eigenvalue weighted by molar-refractivity contribution is 6.35. The topological polar surface area (TPSA) is 114 Å². The van der Waals surface area contributed by atoms with Crippen LogP contribution < -0.4 is 10.2 Å². The molecule has 136 valence electrons. The lowest BCUT2D eigenvalue weighted by atomic mass is 10.2. The number of amides is 1. The minimum Gasteiger partial charge on any atom is -0.507 e. The van der Waals surface area contributed by atoms with Crippen molar-refractivity contribution in [2.75, 3.05) is 0 Å². The van der Waals surface area contributed by atoms with Gasteiger partial charge in [-0.2, -0.15) is 5.10 Å². The van der Waals surface area contributed by atoms with Gasteiger partial charge in [0.05, 0.1) is 16.2 Å². The van der Waals surface area contributed by atoms with Crippen molar-refractivity contribution in [2.24, 2.45) is 5.10 Å². The molecule has 2 rings (SSSR count). The molecular weight excluding hydrogens is 385 g/mol. The average molecular weight is 398 g/mol. The van der Waals surface area contributed by atoms with Gasteiger partial charge in [0, 0.05) is 22.7 Å². The van der Waals surface area contributed by atoms with Crippen molar-refractivity contribution in [1.29, 1.82) is 0 Å². The molecule has 0 saturated heterocycles. The molecule has 0 radical (unpaired) electrons. The van der Waals surface area contributed by atoms with E-state index in [1.807, 2.05) is 0 Å². The molecule has 0 aliphatic carbocycles. The van der Waals surface area contributed by atoms with E-state index in [9.17, 15) is 20.0 Å². The van der Waals surface area contributed by atoms with Gasteiger partial charge in [0.15, 0.2) is 6.10 Å². The molecule has 0 spiro atoms. The second-order valence-corrected chi connectivity index (χ2v) is 5.91. The molecule has 2 N–H and O–H groups in total. The van der Waals surface area contributed by atoms with Crippen molar-refractivity contribution < 1.29 is 19.6 Å². The zero-order valence-corrected chi connectivity index (χ0v) is 14.9. The number of aromatic hydroxyl groups is 1. The number of phenolic OH excluding ortho intramolecular Hbond substituents is 1. The third-order valence-electron chi connectivity index (χ3n) is 3.17. The summed E-state index contributed by atoms with van der Waals surface area (Å²) < 4.78 is 5.42. The standard InChI is InChI=1S/C16H13Cl2N3O5/c1-9(26-15-5-2-11(17)7-13(15)18)16(23)20-19-8-10-6-12(21(24)25)3-4-14(10)22/h2-9,22H,1H3,(H,20,23). The largest absolute Gasteiger partial charge is 0.507 e. The number of halogens is 2. The first kappa shape index (κ1) is 19.5. The Bertz CT molecular complexity index is 873. The molecule has 1 unspecified atom stereocenters. The van der Waals surface area contributed by atoms with Crippen LogP contribution in [0.4, 0.5) is 5.69 Å². The fourth-order valence-electron chi connectivity index (χ4n) is 1.83. The van der Waals surface area contributed by atoms with Gasteiger partial charge in [-0.25, -0.2) is 5.43 Å². The summed E-state index contributed by atoms with van der Waals surface area (Å²) in [5.41, 5.74) is 2.07. The average Bonchev–Trinajstić information content (AvgIpc) is 2.58. The summed E-state index contributed by atoms with van der Waals surface area (Å²) in [7, 11) is 0. The SMILES string of the molecule is CC(Oc1ccc(Cl)cc1Cl)C(=O)NN=Cc1cc([N+](=O)[O-])ccc1O. The number of hydrogen-bond donors (Lipinski definition) is 2. The molecule has 1 amide bonds. The second-order valence-electron chi connectivity index (χ2n) is 5.07. The van der Waals surface area contributed by atoms with Crippen LogP contribution in [0.1, 0.15) is 12.5 Å². The first-order valence-electron chi connectivity index (χ1n) is 7.20. The molecule has 0 aliphatic heterocycles. The molecule has 0 fully saturated rings. The summed E-state index contributed by atoms with van der Waals surface area (Å²) in [6, 6.07) is 8.01. The molecule has 1 atom stereocenters. The van der Waals surface area contributed by atoms with Crippen LogP contribution in [-0.4, -0.2) is 28.3 Å². The summed E-state index contributed by atoms with van der Waals surface area (Å²) in [6.07, 6.45) is 0.159. The molecular formula is C16H13Cl2N3O5. The molecule has 8 nitrogen and oxygen atoms in total. The molecule has 2 aromatic rings. The van der Waals surface area contributed by atoms with E-state index in [1.54, 1.807) is 6.07 Å². The number of phenols is 1. The molecule has 0 heterocycles. The predicted molar refractivity (Wildman–Crippen MR) is 97.0 cm³/mol. The molecule has 26 heavy (non-hydrogen) atoms. The number of carbonyl (C=O) groups excluding carboxylic acids is 1. The van der Waals surface area contributed by atoms with Gasteiger partial charge in [0.1, 0.15) is 11.5 Å². The number of rotatable bonds is 6. The summed E-state index contributed by atoms with van der Waals surface area (Å²) in [4.78, 5) is 22.1. The Morgan fingerprint density at radius 2 is 2.08 bits per heavy atom. The van der Waals surface area contributed by atoms with Crippen molar-refractivity contribution in [1.82, 2.24) is 5.43 Å². The summed E-state index contributed by atoms with van der Waals surface area (Å²) in [5.74, 6) is -0.526. The Balaban J connectivity index is 2.00. The Kier molecular flexibility index (Phi) is 6.37. The van der Waals surface area contributed by atoms with Crippen LogP contribution >= 0.6 is 23.2 Å². The summed E-state index contributed by atoms with van der Waals surface area (Å²) >= 11 is 11.8. The molecule has 0 saturated carbocycles. The van der Waals surface area contributed by atoms with E-state index in [2.05, 4.69) is 10.5 Å². The third-order valence-corrected chi connectivity index (χ3v) is 3.70. The number of hydrogen-bond acceptors (Lipinski definition) is 6. The predicted octanol–water partition coefficient (Wildman–Crippen LogP) is 3.52. The minimum atomic E-state index is -0.926. The van der Waals surface area contributed by atoms with Crippen LogP contribution in [0.5, 0.6) is 11.5 Å². The molecule has 2 aromatic carbocycles. The fraction of sp³-hybridized carbons (Fsp3) is 0.125. The van der Waals surface area contributed by atoms with E-state index in [-0.39, 0.29) is 27.8 Å². The lowest BCUT2D eigenvalue weighted by molar-refractivity contribution is -0.384. The van der Waals surface area contributed by atoms with Gasteiger partial charge in [-0.15, -0.1) is 0 Å². The molecule has 0 bridgehead atoms. The monoisotopic (exact) mass is 397 g/mol. The van der Waals surface area contributed by atoms with Gasteiger partial charge in [-0.1, -0.05) is 23.2 Å². The van der Waals surface area contributed by atoms with E-state index in [1.165, 1.54) is 19.1 Å². The van der Waals surface area contributed by atoms with Gasteiger partial charge >= 0.3 is 0 Å². The second kappa shape index (κ2) is 8.50. The lowest BCUT2D eigenvalue weighted by Gasteiger charge is -2.14. The van der Waals surface area contributed by atoms with Gasteiger partial charge in [-0.05, 0) is 31.2 Å². The molecule has 0 aromatic heterocycles. The highest BCUT2D eigenvalue weighted by atomic mass is 35.5. The van der Waals surface area contributed by atoms with Crippen molar-refractivity contribution in [3.63, 3.8) is 0 Å². The van der Waals surface area contributed by atoms with E-state index in [4.69, 9.17) is 27.9 Å². The van der Waals surface area contributed by atoms with E-state index in [0.29, 0.717) is 5.02 Å².